The third-order valence-corrected chi connectivity index (χ3v) is 8.55. The van der Waals surface area contributed by atoms with Crippen LogP contribution < -0.4 is 20.1 Å². The third-order valence-electron chi connectivity index (χ3n) is 8.27. The minimum absolute atomic E-state index is 0.150. The second-order valence-electron chi connectivity index (χ2n) is 12.1. The predicted octanol–water partition coefficient (Wildman–Crippen LogP) is 6.51. The van der Waals surface area contributed by atoms with Gasteiger partial charge in [0.05, 0.1) is 12.1 Å². The lowest BCUT2D eigenvalue weighted by Gasteiger charge is -2.65. The van der Waals surface area contributed by atoms with Crippen LogP contribution in [-0.2, 0) is 11.3 Å². The number of amides is 1. The molecule has 4 aliphatic carbocycles. The first-order valence-corrected chi connectivity index (χ1v) is 13.1. The van der Waals surface area contributed by atoms with Crippen LogP contribution in [0.15, 0.2) is 36.4 Å². The topological polar surface area (TPSA) is 59.6 Å². The molecule has 4 fully saturated rings. The van der Waals surface area contributed by atoms with Gasteiger partial charge < -0.3 is 20.1 Å². The first-order valence-electron chi connectivity index (χ1n) is 12.7. The molecule has 4 saturated carbocycles. The van der Waals surface area contributed by atoms with E-state index in [0.29, 0.717) is 27.4 Å². The first-order chi connectivity index (χ1) is 16.6. The minimum Gasteiger partial charge on any atom is -0.493 e. The molecule has 1 amide bonds. The standard InChI is InChI=1S/C29H37ClN2O3/c1-19-5-7-22(8-6-19)32-25(33)15-35-26-23(30)9-20(10-24(26)34-4)14-31-29-13-21-11-27(2,17-29)16-28(3,12-21)18-29/h5-10,21,31H,11-18H2,1-4H3,(H,32,33)/t21?,27-,28+,29?. The number of ether oxygens (including phenoxy) is 2. The van der Waals surface area contributed by atoms with Crippen LogP contribution in [0.5, 0.6) is 11.5 Å². The zero-order chi connectivity index (χ0) is 24.8. The van der Waals surface area contributed by atoms with Crippen molar-refractivity contribution in [3.05, 3.63) is 52.5 Å². The maximum Gasteiger partial charge on any atom is 0.262 e. The van der Waals surface area contributed by atoms with Crippen LogP contribution in [0.4, 0.5) is 5.69 Å². The maximum atomic E-state index is 12.4. The number of aryl methyl sites for hydroxylation is 1. The van der Waals surface area contributed by atoms with Gasteiger partial charge in [-0.05, 0) is 92.0 Å². The van der Waals surface area contributed by atoms with E-state index in [4.69, 9.17) is 21.1 Å². The Kier molecular flexibility index (Phi) is 6.29. The molecule has 0 radical (unpaired) electrons. The summed E-state index contributed by atoms with van der Waals surface area (Å²) in [6.45, 7) is 7.58. The van der Waals surface area contributed by atoms with Crippen molar-refractivity contribution in [1.29, 1.82) is 0 Å². The van der Waals surface area contributed by atoms with E-state index in [1.54, 1.807) is 7.11 Å². The molecule has 4 atom stereocenters. The van der Waals surface area contributed by atoms with Crippen LogP contribution >= 0.6 is 11.6 Å². The van der Waals surface area contributed by atoms with Gasteiger partial charge in [-0.1, -0.05) is 43.1 Å². The fourth-order valence-electron chi connectivity index (χ4n) is 7.92. The van der Waals surface area contributed by atoms with Gasteiger partial charge in [-0.2, -0.15) is 0 Å². The Morgan fingerprint density at radius 2 is 1.74 bits per heavy atom. The highest BCUT2D eigenvalue weighted by Crippen LogP contribution is 2.66. The molecule has 0 saturated heterocycles. The Morgan fingerprint density at radius 3 is 2.37 bits per heavy atom. The van der Waals surface area contributed by atoms with Crippen LogP contribution in [0.2, 0.25) is 5.02 Å². The number of carbonyl (C=O) groups excluding carboxylic acids is 1. The summed E-state index contributed by atoms with van der Waals surface area (Å²) in [5.41, 5.74) is 4.08. The van der Waals surface area contributed by atoms with E-state index in [2.05, 4.69) is 24.5 Å². The van der Waals surface area contributed by atoms with Crippen LogP contribution in [-0.4, -0.2) is 25.2 Å². The molecule has 4 aliphatic rings. The summed E-state index contributed by atoms with van der Waals surface area (Å²) < 4.78 is 11.4. The Hall–Kier alpha value is -2.24. The summed E-state index contributed by atoms with van der Waals surface area (Å²) in [6.07, 6.45) is 7.93. The van der Waals surface area contributed by atoms with Gasteiger partial charge in [-0.3, -0.25) is 4.79 Å². The zero-order valence-corrected chi connectivity index (χ0v) is 22.1. The normalized spacial score (nSPS) is 30.8. The molecule has 0 spiro atoms. The Bertz CT molecular complexity index is 1100. The third kappa shape index (κ3) is 5.17. The van der Waals surface area contributed by atoms with Crippen molar-refractivity contribution >= 4 is 23.2 Å². The van der Waals surface area contributed by atoms with Crippen molar-refractivity contribution in [3.8, 4) is 11.5 Å². The molecule has 2 N–H and O–H groups in total. The molecule has 6 rings (SSSR count). The minimum atomic E-state index is -0.249. The van der Waals surface area contributed by atoms with Crippen LogP contribution in [0.1, 0.15) is 63.5 Å². The number of methoxy groups -OCH3 is 1. The van der Waals surface area contributed by atoms with Crippen molar-refractivity contribution in [2.45, 2.75) is 71.4 Å². The van der Waals surface area contributed by atoms with Gasteiger partial charge in [0.15, 0.2) is 18.1 Å². The van der Waals surface area contributed by atoms with E-state index in [1.165, 1.54) is 38.5 Å². The molecule has 35 heavy (non-hydrogen) atoms. The lowest BCUT2D eigenvalue weighted by molar-refractivity contribution is -0.118. The van der Waals surface area contributed by atoms with Gasteiger partial charge in [0.25, 0.3) is 5.91 Å². The molecular weight excluding hydrogens is 460 g/mol. The number of carbonyl (C=O) groups is 1. The average molecular weight is 497 g/mol. The van der Waals surface area contributed by atoms with Crippen molar-refractivity contribution in [3.63, 3.8) is 0 Å². The van der Waals surface area contributed by atoms with E-state index in [0.717, 1.165) is 29.3 Å². The van der Waals surface area contributed by atoms with Crippen molar-refractivity contribution in [1.82, 2.24) is 5.32 Å². The van der Waals surface area contributed by atoms with E-state index in [9.17, 15) is 4.79 Å². The average Bonchev–Trinajstić information content (AvgIpc) is 2.76. The fraction of sp³-hybridized carbons (Fsp3) is 0.552. The maximum absolute atomic E-state index is 12.4. The fourth-order valence-corrected chi connectivity index (χ4v) is 8.21. The van der Waals surface area contributed by atoms with E-state index >= 15 is 0 Å². The zero-order valence-electron chi connectivity index (χ0n) is 21.3. The number of halogens is 1. The highest BCUT2D eigenvalue weighted by atomic mass is 35.5. The second-order valence-corrected chi connectivity index (χ2v) is 12.5. The number of rotatable bonds is 8. The molecule has 4 bridgehead atoms. The smallest absolute Gasteiger partial charge is 0.262 e. The Labute approximate surface area is 213 Å². The molecule has 6 heteroatoms. The Balaban J connectivity index is 1.23. The van der Waals surface area contributed by atoms with Crippen molar-refractivity contribution < 1.29 is 14.3 Å². The molecule has 0 aliphatic heterocycles. The first kappa shape index (κ1) is 24.5. The Morgan fingerprint density at radius 1 is 1.06 bits per heavy atom. The molecular formula is C29H37ClN2O3. The molecule has 0 heterocycles. The molecule has 2 unspecified atom stereocenters. The lowest BCUT2D eigenvalue weighted by Crippen LogP contribution is -2.63. The van der Waals surface area contributed by atoms with Gasteiger partial charge in [0, 0.05) is 17.8 Å². The number of hydrogen-bond acceptors (Lipinski definition) is 4. The summed E-state index contributed by atoms with van der Waals surface area (Å²) in [4.78, 5) is 12.4. The molecule has 2 aromatic carbocycles. The SMILES string of the molecule is COc1cc(CNC23CC4C[C@@](C)(C2)C[C@](C)(C4)C3)cc(Cl)c1OCC(=O)Nc1ccc(C)cc1. The van der Waals surface area contributed by atoms with Gasteiger partial charge in [-0.25, -0.2) is 0 Å². The number of hydrogen-bond donors (Lipinski definition) is 2. The van der Waals surface area contributed by atoms with Crippen molar-refractivity contribution in [2.75, 3.05) is 19.0 Å². The predicted molar refractivity (Wildman–Crippen MR) is 140 cm³/mol. The summed E-state index contributed by atoms with van der Waals surface area (Å²) in [7, 11) is 1.60. The van der Waals surface area contributed by atoms with E-state index < -0.39 is 0 Å². The highest BCUT2D eigenvalue weighted by molar-refractivity contribution is 6.32. The summed E-state index contributed by atoms with van der Waals surface area (Å²) in [5.74, 6) is 1.53. The van der Waals surface area contributed by atoms with Crippen LogP contribution in [0.3, 0.4) is 0 Å². The van der Waals surface area contributed by atoms with Crippen LogP contribution in [0.25, 0.3) is 0 Å². The van der Waals surface area contributed by atoms with Gasteiger partial charge in [-0.15, -0.1) is 0 Å². The monoisotopic (exact) mass is 496 g/mol. The molecule has 0 aromatic heterocycles. The summed E-state index contributed by atoms with van der Waals surface area (Å²) in [6, 6.07) is 11.5. The van der Waals surface area contributed by atoms with Gasteiger partial charge >= 0.3 is 0 Å². The van der Waals surface area contributed by atoms with Crippen LogP contribution in [0, 0.1) is 23.7 Å². The highest BCUT2D eigenvalue weighted by Gasteiger charge is 2.59. The number of anilines is 1. The number of nitrogens with one attached hydrogen (secondary N) is 2. The lowest BCUT2D eigenvalue weighted by atomic mass is 9.43. The summed E-state index contributed by atoms with van der Waals surface area (Å²) in [5, 5.41) is 7.25. The number of benzene rings is 2. The summed E-state index contributed by atoms with van der Waals surface area (Å²) >= 11 is 6.61. The second kappa shape index (κ2) is 9.01. The molecule has 2 aromatic rings. The molecule has 5 nitrogen and oxygen atoms in total. The quantitative estimate of drug-likeness (QED) is 0.437. The molecule has 188 valence electrons. The van der Waals surface area contributed by atoms with Gasteiger partial charge in [0.1, 0.15) is 0 Å². The largest absolute Gasteiger partial charge is 0.493 e. The van der Waals surface area contributed by atoms with E-state index in [-0.39, 0.29) is 18.1 Å². The van der Waals surface area contributed by atoms with Gasteiger partial charge in [0.2, 0.25) is 0 Å². The van der Waals surface area contributed by atoms with Crippen molar-refractivity contribution in [2.24, 2.45) is 16.7 Å². The van der Waals surface area contributed by atoms with E-state index in [1.807, 2.05) is 43.3 Å².